The van der Waals surface area contributed by atoms with E-state index in [1.165, 1.54) is 5.56 Å². The van der Waals surface area contributed by atoms with Crippen LogP contribution in [0.5, 0.6) is 0 Å². The lowest BCUT2D eigenvalue weighted by Crippen LogP contribution is -2.45. The minimum absolute atomic E-state index is 0. The average molecular weight is 376 g/mol. The van der Waals surface area contributed by atoms with Crippen LogP contribution in [0.2, 0.25) is 0 Å². The first-order chi connectivity index (χ1) is 10.6. The van der Waals surface area contributed by atoms with E-state index in [0.29, 0.717) is 6.04 Å². The first-order valence-electron chi connectivity index (χ1n) is 8.44. The molecule has 2 rings (SSSR count). The zero-order valence-electron chi connectivity index (χ0n) is 14.9. The number of rotatable bonds is 6. The van der Waals surface area contributed by atoms with Crippen molar-refractivity contribution in [3.8, 4) is 0 Å². The summed E-state index contributed by atoms with van der Waals surface area (Å²) in [5.74, 6) is 0.0384. The van der Waals surface area contributed by atoms with Crippen LogP contribution in [0.1, 0.15) is 49.5 Å². The monoisotopic (exact) mass is 375 g/mol. The number of benzene rings is 1. The molecule has 1 aliphatic heterocycles. The van der Waals surface area contributed by atoms with Crippen LogP contribution in [0.15, 0.2) is 24.3 Å². The molecule has 1 aliphatic rings. The SMILES string of the molecule is CCN(Cc1ccc(C(=O)N[C@H]2CCCNC2)cc1)C(C)C.Cl.Cl. The Hall–Kier alpha value is -0.810. The van der Waals surface area contributed by atoms with Crippen LogP contribution >= 0.6 is 24.8 Å². The topological polar surface area (TPSA) is 44.4 Å². The minimum atomic E-state index is 0. The Kier molecular flexibility index (Phi) is 11.3. The smallest absolute Gasteiger partial charge is 0.251 e. The Morgan fingerprint density at radius 1 is 1.29 bits per heavy atom. The van der Waals surface area contributed by atoms with Gasteiger partial charge in [0.05, 0.1) is 0 Å². The predicted octanol–water partition coefficient (Wildman–Crippen LogP) is 3.24. The molecule has 6 heteroatoms. The summed E-state index contributed by atoms with van der Waals surface area (Å²) in [4.78, 5) is 14.7. The molecule has 0 saturated carbocycles. The number of nitrogens with one attached hydrogen (secondary N) is 2. The van der Waals surface area contributed by atoms with Crippen LogP contribution in [0.3, 0.4) is 0 Å². The van der Waals surface area contributed by atoms with Gasteiger partial charge in [0, 0.05) is 30.7 Å². The lowest BCUT2D eigenvalue weighted by atomic mass is 10.1. The highest BCUT2D eigenvalue weighted by molar-refractivity contribution is 5.94. The number of halogens is 2. The van der Waals surface area contributed by atoms with Gasteiger partial charge in [0.1, 0.15) is 0 Å². The molecule has 0 bridgehead atoms. The van der Waals surface area contributed by atoms with Crippen molar-refractivity contribution < 1.29 is 4.79 Å². The van der Waals surface area contributed by atoms with Crippen LogP contribution in [-0.2, 0) is 6.54 Å². The van der Waals surface area contributed by atoms with Crippen LogP contribution in [0, 0.1) is 0 Å². The van der Waals surface area contributed by atoms with Gasteiger partial charge in [-0.3, -0.25) is 9.69 Å². The molecular formula is C18H31Cl2N3O. The zero-order valence-corrected chi connectivity index (χ0v) is 16.5. The number of piperidine rings is 1. The standard InChI is InChI=1S/C18H29N3O.2ClH/c1-4-21(14(2)3)13-15-7-9-16(10-8-15)18(22)20-17-6-5-11-19-12-17;;/h7-10,14,17,19H,4-6,11-13H2,1-3H3,(H,20,22);2*1H/t17-;;/m0../s1. The maximum Gasteiger partial charge on any atom is 0.251 e. The molecule has 1 amide bonds. The van der Waals surface area contributed by atoms with E-state index in [4.69, 9.17) is 0 Å². The van der Waals surface area contributed by atoms with Gasteiger partial charge in [0.25, 0.3) is 5.91 Å². The second kappa shape index (κ2) is 11.7. The van der Waals surface area contributed by atoms with E-state index in [-0.39, 0.29) is 36.8 Å². The summed E-state index contributed by atoms with van der Waals surface area (Å²) in [7, 11) is 0. The minimum Gasteiger partial charge on any atom is -0.348 e. The van der Waals surface area contributed by atoms with Gasteiger partial charge in [0.2, 0.25) is 0 Å². The van der Waals surface area contributed by atoms with Gasteiger partial charge in [-0.15, -0.1) is 24.8 Å². The Morgan fingerprint density at radius 2 is 1.96 bits per heavy atom. The molecule has 2 N–H and O–H groups in total. The molecular weight excluding hydrogens is 345 g/mol. The van der Waals surface area contributed by atoms with Gasteiger partial charge >= 0.3 is 0 Å². The van der Waals surface area contributed by atoms with Crippen molar-refractivity contribution >= 4 is 30.7 Å². The van der Waals surface area contributed by atoms with Crippen molar-refractivity contribution in [1.82, 2.24) is 15.5 Å². The lowest BCUT2D eigenvalue weighted by molar-refractivity contribution is 0.0930. The average Bonchev–Trinajstić information content (AvgIpc) is 2.53. The van der Waals surface area contributed by atoms with Gasteiger partial charge < -0.3 is 10.6 Å². The molecule has 1 fully saturated rings. The molecule has 1 saturated heterocycles. The Balaban J connectivity index is 0.00000264. The highest BCUT2D eigenvalue weighted by Gasteiger charge is 2.16. The Labute approximate surface area is 158 Å². The largest absolute Gasteiger partial charge is 0.348 e. The molecule has 138 valence electrons. The van der Waals surface area contributed by atoms with Crippen LogP contribution in [-0.4, -0.2) is 42.5 Å². The van der Waals surface area contributed by atoms with Crippen molar-refractivity contribution in [2.75, 3.05) is 19.6 Å². The number of hydrogen-bond acceptors (Lipinski definition) is 3. The highest BCUT2D eigenvalue weighted by Crippen LogP contribution is 2.11. The molecule has 1 heterocycles. The van der Waals surface area contributed by atoms with E-state index >= 15 is 0 Å². The molecule has 0 unspecified atom stereocenters. The van der Waals surface area contributed by atoms with Gasteiger partial charge in [-0.25, -0.2) is 0 Å². The van der Waals surface area contributed by atoms with Crippen molar-refractivity contribution in [1.29, 1.82) is 0 Å². The maximum absolute atomic E-state index is 12.3. The van der Waals surface area contributed by atoms with E-state index in [9.17, 15) is 4.79 Å². The first-order valence-corrected chi connectivity index (χ1v) is 8.44. The molecule has 1 aromatic rings. The zero-order chi connectivity index (χ0) is 15.9. The maximum atomic E-state index is 12.3. The predicted molar refractivity (Wildman–Crippen MR) is 106 cm³/mol. The second-order valence-corrected chi connectivity index (χ2v) is 6.37. The summed E-state index contributed by atoms with van der Waals surface area (Å²) >= 11 is 0. The fourth-order valence-corrected chi connectivity index (χ4v) is 2.90. The van der Waals surface area contributed by atoms with Crippen molar-refractivity contribution in [3.63, 3.8) is 0 Å². The second-order valence-electron chi connectivity index (χ2n) is 6.37. The van der Waals surface area contributed by atoms with Gasteiger partial charge in [0.15, 0.2) is 0 Å². The third-order valence-electron chi connectivity index (χ3n) is 4.37. The number of amides is 1. The molecule has 0 aromatic heterocycles. The van der Waals surface area contributed by atoms with Gasteiger partial charge in [-0.05, 0) is 57.5 Å². The van der Waals surface area contributed by atoms with E-state index in [1.807, 2.05) is 12.1 Å². The van der Waals surface area contributed by atoms with E-state index in [2.05, 4.69) is 48.4 Å². The molecule has 0 spiro atoms. The number of nitrogens with zero attached hydrogens (tertiary/aromatic N) is 1. The van der Waals surface area contributed by atoms with E-state index < -0.39 is 0 Å². The quantitative estimate of drug-likeness (QED) is 0.801. The normalized spacial score (nSPS) is 17.1. The van der Waals surface area contributed by atoms with Crippen LogP contribution in [0.4, 0.5) is 0 Å². The molecule has 0 radical (unpaired) electrons. The van der Waals surface area contributed by atoms with Crippen molar-refractivity contribution in [2.45, 2.75) is 52.2 Å². The van der Waals surface area contributed by atoms with Crippen molar-refractivity contribution in [2.24, 2.45) is 0 Å². The Morgan fingerprint density at radius 3 is 2.46 bits per heavy atom. The number of carbonyl (C=O) groups excluding carboxylic acids is 1. The van der Waals surface area contributed by atoms with E-state index in [1.54, 1.807) is 0 Å². The summed E-state index contributed by atoms with van der Waals surface area (Å²) in [5.41, 5.74) is 2.01. The lowest BCUT2D eigenvalue weighted by Gasteiger charge is -2.25. The first kappa shape index (κ1) is 23.2. The summed E-state index contributed by atoms with van der Waals surface area (Å²) in [5, 5.41) is 6.43. The van der Waals surface area contributed by atoms with Crippen molar-refractivity contribution in [3.05, 3.63) is 35.4 Å². The molecule has 1 atom stereocenters. The highest BCUT2D eigenvalue weighted by atomic mass is 35.5. The molecule has 0 aliphatic carbocycles. The summed E-state index contributed by atoms with van der Waals surface area (Å²) in [6.07, 6.45) is 2.20. The third kappa shape index (κ3) is 6.98. The molecule has 1 aromatic carbocycles. The number of hydrogen-bond donors (Lipinski definition) is 2. The molecule has 24 heavy (non-hydrogen) atoms. The summed E-state index contributed by atoms with van der Waals surface area (Å²) in [6, 6.07) is 8.81. The number of carbonyl (C=O) groups is 1. The fourth-order valence-electron chi connectivity index (χ4n) is 2.90. The van der Waals surface area contributed by atoms with Crippen LogP contribution in [0.25, 0.3) is 0 Å². The van der Waals surface area contributed by atoms with Gasteiger partial charge in [-0.2, -0.15) is 0 Å². The van der Waals surface area contributed by atoms with E-state index in [0.717, 1.165) is 44.6 Å². The van der Waals surface area contributed by atoms with Crippen LogP contribution < -0.4 is 10.6 Å². The summed E-state index contributed by atoms with van der Waals surface area (Å²) < 4.78 is 0. The van der Waals surface area contributed by atoms with Gasteiger partial charge in [-0.1, -0.05) is 19.1 Å². The molecule has 4 nitrogen and oxygen atoms in total. The fraction of sp³-hybridized carbons (Fsp3) is 0.611. The third-order valence-corrected chi connectivity index (χ3v) is 4.37. The summed E-state index contributed by atoms with van der Waals surface area (Å²) in [6.45, 7) is 10.5. The Bertz CT molecular complexity index is 474.